The average Bonchev–Trinajstić information content (AvgIpc) is 3.24. The Balaban J connectivity index is 1.97. The largest absolute Gasteiger partial charge is 0.493 e. The Hall–Kier alpha value is -2.61. The second-order valence-electron chi connectivity index (χ2n) is 6.16. The van der Waals surface area contributed by atoms with Gasteiger partial charge in [-0.2, -0.15) is 0 Å². The minimum absolute atomic E-state index is 0.236. The number of aldehydes is 1. The average molecular weight is 467 g/mol. The number of hydrogen-bond acceptors (Lipinski definition) is 6. The lowest BCUT2D eigenvalue weighted by molar-refractivity contribution is -0.377. The van der Waals surface area contributed by atoms with Crippen LogP contribution in [0.1, 0.15) is 36.6 Å². The van der Waals surface area contributed by atoms with Crippen molar-refractivity contribution in [2.75, 3.05) is 14.2 Å². The predicted octanol–water partition coefficient (Wildman–Crippen LogP) is 4.84. The summed E-state index contributed by atoms with van der Waals surface area (Å²) in [4.78, 5) is 27.3. The number of methoxy groups -OCH3 is 2. The molecule has 0 bridgehead atoms. The third-order valence-corrected chi connectivity index (χ3v) is 6.02. The molecule has 1 atom stereocenters. The maximum Gasteiger partial charge on any atom is 0.348 e. The molecule has 2 aromatic heterocycles. The van der Waals surface area contributed by atoms with Crippen molar-refractivity contribution in [2.24, 2.45) is 0 Å². The summed E-state index contributed by atoms with van der Waals surface area (Å²) in [5, 5.41) is 0.840. The van der Waals surface area contributed by atoms with Crippen molar-refractivity contribution in [1.82, 2.24) is 0 Å². The van der Waals surface area contributed by atoms with Gasteiger partial charge in [0.15, 0.2) is 30.2 Å². The zero-order valence-electron chi connectivity index (χ0n) is 16.1. The molecular weight excluding hydrogens is 449 g/mol. The zero-order chi connectivity index (χ0) is 21.7. The number of H-pyrrole nitrogens is 1. The quantitative estimate of drug-likeness (QED) is 0.350. The normalized spacial score (nSPS) is 11.6. The van der Waals surface area contributed by atoms with E-state index in [9.17, 15) is 9.59 Å². The minimum atomic E-state index is -0.712. The van der Waals surface area contributed by atoms with Crippen LogP contribution < -0.4 is 14.5 Å². The molecule has 0 aliphatic carbocycles. The van der Waals surface area contributed by atoms with E-state index in [-0.39, 0.29) is 6.42 Å². The van der Waals surface area contributed by atoms with Gasteiger partial charge in [-0.25, -0.2) is 9.78 Å². The van der Waals surface area contributed by atoms with Gasteiger partial charge in [-0.3, -0.25) is 4.79 Å². The number of benzene rings is 1. The van der Waals surface area contributed by atoms with Crippen LogP contribution in [0.15, 0.2) is 42.7 Å². The Morgan fingerprint density at radius 2 is 1.80 bits per heavy atom. The maximum absolute atomic E-state index is 12.7. The summed E-state index contributed by atoms with van der Waals surface area (Å²) in [5.41, 5.74) is 1.30. The summed E-state index contributed by atoms with van der Waals surface area (Å²) in [6.07, 6.45) is 3.42. The van der Waals surface area contributed by atoms with E-state index in [1.807, 2.05) is 0 Å². The van der Waals surface area contributed by atoms with Gasteiger partial charge in [0.1, 0.15) is 21.0 Å². The summed E-state index contributed by atoms with van der Waals surface area (Å²) in [7, 11) is 3.06. The van der Waals surface area contributed by atoms with Crippen LogP contribution in [0.4, 0.5) is 0 Å². The molecule has 6 nitrogen and oxygen atoms in total. The van der Waals surface area contributed by atoms with E-state index in [0.717, 1.165) is 11.3 Å². The van der Waals surface area contributed by atoms with Crippen molar-refractivity contribution >= 4 is 46.8 Å². The van der Waals surface area contributed by atoms with Crippen molar-refractivity contribution in [3.8, 4) is 11.5 Å². The monoisotopic (exact) mass is 466 g/mol. The van der Waals surface area contributed by atoms with Crippen LogP contribution in [0.5, 0.6) is 11.5 Å². The molecule has 1 N–H and O–H groups in total. The van der Waals surface area contributed by atoms with Crippen LogP contribution in [-0.2, 0) is 11.2 Å². The number of hydrogen-bond donors (Lipinski definition) is 0. The predicted molar refractivity (Wildman–Crippen MR) is 114 cm³/mol. The second kappa shape index (κ2) is 9.93. The topological polar surface area (TPSA) is 76.0 Å². The molecule has 0 spiro atoms. The molecule has 0 saturated heterocycles. The number of halogens is 2. The molecule has 9 heteroatoms. The lowest BCUT2D eigenvalue weighted by atomic mass is 10.0. The van der Waals surface area contributed by atoms with Crippen LogP contribution >= 0.6 is 34.5 Å². The van der Waals surface area contributed by atoms with Crippen LogP contribution in [0.3, 0.4) is 0 Å². The van der Waals surface area contributed by atoms with E-state index in [0.29, 0.717) is 48.7 Å². The lowest BCUT2D eigenvalue weighted by Crippen LogP contribution is -2.15. The Morgan fingerprint density at radius 3 is 2.40 bits per heavy atom. The first-order valence-corrected chi connectivity index (χ1v) is 10.4. The molecule has 30 heavy (non-hydrogen) atoms. The van der Waals surface area contributed by atoms with E-state index in [2.05, 4.69) is 4.98 Å². The molecule has 0 fully saturated rings. The number of aromatic nitrogens is 1. The molecule has 0 aliphatic rings. The van der Waals surface area contributed by atoms with Gasteiger partial charge >= 0.3 is 5.97 Å². The number of ether oxygens (including phenoxy) is 3. The Morgan fingerprint density at radius 1 is 1.10 bits per heavy atom. The van der Waals surface area contributed by atoms with E-state index in [1.54, 1.807) is 42.7 Å². The van der Waals surface area contributed by atoms with Gasteiger partial charge in [0.25, 0.3) is 0 Å². The number of thiophene rings is 1. The lowest BCUT2D eigenvalue weighted by Gasteiger charge is -2.20. The standard InChI is InChI=1S/C21H17Cl2NO5S/c1-27-17-5-3-12(7-19(17)28-2)18(8-14-15(22)9-24-10-16(14)23)29-21(26)20-6-4-13(11-25)30-20/h3-7,9-11,18H,8H2,1-2H3/p+1/t18-/m0/s1. The second-order valence-corrected chi connectivity index (χ2v) is 8.09. The number of pyridine rings is 1. The number of nitrogens with one attached hydrogen (secondary N) is 1. The highest BCUT2D eigenvalue weighted by Gasteiger charge is 2.24. The van der Waals surface area contributed by atoms with Crippen LogP contribution in [-0.4, -0.2) is 26.5 Å². The molecule has 3 rings (SSSR count). The summed E-state index contributed by atoms with van der Waals surface area (Å²) in [5.74, 6) is 0.488. The van der Waals surface area contributed by atoms with Crippen LogP contribution in [0.25, 0.3) is 0 Å². The van der Waals surface area contributed by atoms with Gasteiger partial charge in [0.2, 0.25) is 0 Å². The maximum atomic E-state index is 12.7. The Bertz CT molecular complexity index is 1050. The highest BCUT2D eigenvalue weighted by atomic mass is 35.5. The van der Waals surface area contributed by atoms with Gasteiger partial charge in [0.05, 0.1) is 19.1 Å². The van der Waals surface area contributed by atoms with Gasteiger partial charge in [-0.05, 0) is 29.8 Å². The van der Waals surface area contributed by atoms with Crippen molar-refractivity contribution in [3.63, 3.8) is 0 Å². The van der Waals surface area contributed by atoms with E-state index in [4.69, 9.17) is 37.4 Å². The zero-order valence-corrected chi connectivity index (χ0v) is 18.4. The fourth-order valence-electron chi connectivity index (χ4n) is 2.85. The van der Waals surface area contributed by atoms with Crippen molar-refractivity contribution in [2.45, 2.75) is 12.5 Å². The third-order valence-electron chi connectivity index (χ3n) is 4.36. The van der Waals surface area contributed by atoms with Crippen molar-refractivity contribution in [3.05, 3.63) is 73.7 Å². The summed E-state index contributed by atoms with van der Waals surface area (Å²) in [6, 6.07) is 8.37. The molecule has 1 aromatic carbocycles. The third kappa shape index (κ3) is 4.92. The number of rotatable bonds is 8. The molecule has 0 radical (unpaired) electrons. The summed E-state index contributed by atoms with van der Waals surface area (Å²) >= 11 is 13.7. The number of carbonyl (C=O) groups excluding carboxylic acids is 2. The molecule has 3 aromatic rings. The summed E-state index contributed by atoms with van der Waals surface area (Å²) in [6.45, 7) is 0. The molecule has 0 unspecified atom stereocenters. The van der Waals surface area contributed by atoms with Gasteiger partial charge < -0.3 is 14.2 Å². The molecule has 0 saturated carbocycles. The fourth-order valence-corrected chi connectivity index (χ4v) is 4.09. The highest BCUT2D eigenvalue weighted by molar-refractivity contribution is 7.15. The molecular formula is C21H18Cl2NO5S+. The SMILES string of the molecule is COc1ccc([C@H](Cc2c(Cl)c[nH+]cc2Cl)OC(=O)c2ccc(C=O)s2)cc1OC. The molecule has 156 valence electrons. The first-order chi connectivity index (χ1) is 14.5. The fraction of sp³-hybridized carbons (Fsp3) is 0.190. The minimum Gasteiger partial charge on any atom is -0.493 e. The Labute approximate surface area is 187 Å². The van der Waals surface area contributed by atoms with Gasteiger partial charge in [-0.15, -0.1) is 11.3 Å². The van der Waals surface area contributed by atoms with E-state index in [1.165, 1.54) is 14.2 Å². The van der Waals surface area contributed by atoms with Crippen molar-refractivity contribution in [1.29, 1.82) is 0 Å². The highest BCUT2D eigenvalue weighted by Crippen LogP contribution is 2.35. The van der Waals surface area contributed by atoms with E-state index < -0.39 is 12.1 Å². The smallest absolute Gasteiger partial charge is 0.348 e. The molecule has 2 heterocycles. The van der Waals surface area contributed by atoms with Gasteiger partial charge in [0, 0.05) is 12.0 Å². The molecule has 0 amide bonds. The van der Waals surface area contributed by atoms with E-state index >= 15 is 0 Å². The molecule has 0 aliphatic heterocycles. The first kappa shape index (κ1) is 22.1. The van der Waals surface area contributed by atoms with Crippen LogP contribution in [0.2, 0.25) is 10.0 Å². The van der Waals surface area contributed by atoms with Crippen LogP contribution in [0, 0.1) is 0 Å². The number of aromatic amines is 1. The number of carbonyl (C=O) groups is 2. The summed E-state index contributed by atoms with van der Waals surface area (Å²) < 4.78 is 16.5. The van der Waals surface area contributed by atoms with Gasteiger partial charge in [-0.1, -0.05) is 29.3 Å². The van der Waals surface area contributed by atoms with Crippen molar-refractivity contribution < 1.29 is 28.8 Å². The first-order valence-electron chi connectivity index (χ1n) is 8.78. The number of esters is 1. The Kier molecular flexibility index (Phi) is 7.31.